The molecule has 3 nitrogen and oxygen atoms in total. The summed E-state index contributed by atoms with van der Waals surface area (Å²) in [5.74, 6) is 1.36. The monoisotopic (exact) mass is 329 g/mol. The molecule has 3 aromatic rings. The molecule has 3 aromatic carbocycles. The van der Waals surface area contributed by atoms with Crippen molar-refractivity contribution >= 4 is 0 Å². The standard InChI is InChI=1S/C22H19NO2/c1-23-15-20-12-13-21(24-16-18-8-4-2-5-9-18)22(14-20)25-17-19-10-6-3-7-11-19/h2-14H,15-17H2. The number of rotatable bonds is 7. The minimum atomic E-state index is 0.334. The Morgan fingerprint density at radius 1 is 0.640 bits per heavy atom. The molecular weight excluding hydrogens is 310 g/mol. The lowest BCUT2D eigenvalue weighted by atomic mass is 10.2. The van der Waals surface area contributed by atoms with Crippen molar-refractivity contribution in [3.8, 4) is 11.5 Å². The Bertz CT molecular complexity index is 839. The molecule has 25 heavy (non-hydrogen) atoms. The van der Waals surface area contributed by atoms with Crippen LogP contribution >= 0.6 is 0 Å². The minimum absolute atomic E-state index is 0.334. The van der Waals surface area contributed by atoms with Gasteiger partial charge in [-0.25, -0.2) is 6.57 Å². The highest BCUT2D eigenvalue weighted by atomic mass is 16.5. The third-order valence-corrected chi connectivity index (χ3v) is 3.74. The van der Waals surface area contributed by atoms with Crippen molar-refractivity contribution in [3.63, 3.8) is 0 Å². The summed E-state index contributed by atoms with van der Waals surface area (Å²) in [6.07, 6.45) is 0. The van der Waals surface area contributed by atoms with E-state index in [1.54, 1.807) is 0 Å². The van der Waals surface area contributed by atoms with E-state index in [0.29, 0.717) is 31.3 Å². The Balaban J connectivity index is 1.75. The maximum Gasteiger partial charge on any atom is 0.239 e. The summed E-state index contributed by atoms with van der Waals surface area (Å²) in [4.78, 5) is 3.44. The van der Waals surface area contributed by atoms with Gasteiger partial charge in [0.1, 0.15) is 13.2 Å². The van der Waals surface area contributed by atoms with Crippen LogP contribution in [0.25, 0.3) is 4.85 Å². The van der Waals surface area contributed by atoms with Crippen LogP contribution < -0.4 is 9.47 Å². The highest BCUT2D eigenvalue weighted by Gasteiger charge is 2.09. The molecule has 3 rings (SSSR count). The average molecular weight is 329 g/mol. The molecule has 0 aliphatic carbocycles. The van der Waals surface area contributed by atoms with Crippen molar-refractivity contribution in [1.82, 2.24) is 0 Å². The Morgan fingerprint density at radius 3 is 1.76 bits per heavy atom. The van der Waals surface area contributed by atoms with Crippen LogP contribution in [0.5, 0.6) is 11.5 Å². The molecule has 0 heterocycles. The van der Waals surface area contributed by atoms with E-state index in [-0.39, 0.29) is 0 Å². The lowest BCUT2D eigenvalue weighted by Gasteiger charge is -2.13. The molecule has 0 aliphatic rings. The first-order chi connectivity index (χ1) is 12.3. The molecule has 0 saturated heterocycles. The largest absolute Gasteiger partial charge is 0.485 e. The third-order valence-electron chi connectivity index (χ3n) is 3.74. The van der Waals surface area contributed by atoms with Crippen LogP contribution in [0.15, 0.2) is 78.9 Å². The number of ether oxygens (including phenoxy) is 2. The lowest BCUT2D eigenvalue weighted by Crippen LogP contribution is -2.01. The Labute approximate surface area is 148 Å². The molecule has 0 radical (unpaired) electrons. The first-order valence-corrected chi connectivity index (χ1v) is 8.15. The first-order valence-electron chi connectivity index (χ1n) is 8.15. The van der Waals surface area contributed by atoms with E-state index in [4.69, 9.17) is 16.0 Å². The van der Waals surface area contributed by atoms with Crippen molar-refractivity contribution in [2.24, 2.45) is 0 Å². The van der Waals surface area contributed by atoms with Crippen molar-refractivity contribution < 1.29 is 9.47 Å². The predicted molar refractivity (Wildman–Crippen MR) is 98.3 cm³/mol. The fraction of sp³-hybridized carbons (Fsp3) is 0.136. The summed E-state index contributed by atoms with van der Waals surface area (Å²) in [5.41, 5.74) is 3.11. The fourth-order valence-corrected chi connectivity index (χ4v) is 2.44. The maximum atomic E-state index is 7.05. The predicted octanol–water partition coefficient (Wildman–Crippen LogP) is 5.26. The van der Waals surface area contributed by atoms with Gasteiger partial charge in [-0.3, -0.25) is 0 Å². The van der Waals surface area contributed by atoms with E-state index in [0.717, 1.165) is 16.7 Å². The quantitative estimate of drug-likeness (QED) is 0.552. The van der Waals surface area contributed by atoms with Gasteiger partial charge in [-0.15, -0.1) is 0 Å². The summed E-state index contributed by atoms with van der Waals surface area (Å²) in [6.45, 7) is 8.32. The summed E-state index contributed by atoms with van der Waals surface area (Å²) in [7, 11) is 0. The van der Waals surface area contributed by atoms with E-state index >= 15 is 0 Å². The molecule has 0 atom stereocenters. The number of hydrogen-bond acceptors (Lipinski definition) is 2. The van der Waals surface area contributed by atoms with E-state index in [9.17, 15) is 0 Å². The van der Waals surface area contributed by atoms with E-state index in [1.165, 1.54) is 0 Å². The molecule has 0 amide bonds. The van der Waals surface area contributed by atoms with Crippen LogP contribution in [0.3, 0.4) is 0 Å². The van der Waals surface area contributed by atoms with Gasteiger partial charge in [-0.2, -0.15) is 0 Å². The molecule has 0 aromatic heterocycles. The Kier molecular flexibility index (Phi) is 5.68. The maximum absolute atomic E-state index is 7.05. The molecular formula is C22H19NO2. The number of hydrogen-bond donors (Lipinski definition) is 0. The van der Waals surface area contributed by atoms with Gasteiger partial charge < -0.3 is 14.3 Å². The van der Waals surface area contributed by atoms with Crippen LogP contribution in [-0.4, -0.2) is 0 Å². The van der Waals surface area contributed by atoms with Gasteiger partial charge >= 0.3 is 0 Å². The normalized spacial score (nSPS) is 10.0. The van der Waals surface area contributed by atoms with Crippen LogP contribution in [0.2, 0.25) is 0 Å². The number of benzene rings is 3. The zero-order valence-electron chi connectivity index (χ0n) is 13.9. The highest BCUT2D eigenvalue weighted by molar-refractivity contribution is 5.43. The summed E-state index contributed by atoms with van der Waals surface area (Å²) >= 11 is 0. The van der Waals surface area contributed by atoms with Crippen molar-refractivity contribution in [3.05, 3.63) is 107 Å². The van der Waals surface area contributed by atoms with Gasteiger partial charge in [-0.1, -0.05) is 60.7 Å². The SMILES string of the molecule is [C-]#[N+]Cc1ccc(OCc2ccccc2)c(OCc2ccccc2)c1. The topological polar surface area (TPSA) is 22.8 Å². The molecule has 3 heteroatoms. The molecule has 0 bridgehead atoms. The van der Waals surface area contributed by atoms with Gasteiger partial charge in [0.2, 0.25) is 6.54 Å². The van der Waals surface area contributed by atoms with Crippen molar-refractivity contribution in [2.75, 3.05) is 0 Å². The van der Waals surface area contributed by atoms with Gasteiger partial charge in [0.25, 0.3) is 0 Å². The Hall–Kier alpha value is -3.25. The average Bonchev–Trinajstić information content (AvgIpc) is 2.67. The minimum Gasteiger partial charge on any atom is -0.485 e. The molecule has 0 fully saturated rings. The van der Waals surface area contributed by atoms with Crippen molar-refractivity contribution in [1.29, 1.82) is 0 Å². The van der Waals surface area contributed by atoms with Gasteiger partial charge in [0.05, 0.1) is 0 Å². The summed E-state index contributed by atoms with van der Waals surface area (Å²) < 4.78 is 11.9. The van der Waals surface area contributed by atoms with E-state index in [1.807, 2.05) is 78.9 Å². The van der Waals surface area contributed by atoms with Gasteiger partial charge in [-0.05, 0) is 29.3 Å². The fourth-order valence-electron chi connectivity index (χ4n) is 2.44. The molecule has 0 aliphatic heterocycles. The molecule has 0 unspecified atom stereocenters. The summed E-state index contributed by atoms with van der Waals surface area (Å²) in [5, 5.41) is 0. The second kappa shape index (κ2) is 8.56. The van der Waals surface area contributed by atoms with Gasteiger partial charge in [0, 0.05) is 5.56 Å². The molecule has 0 N–H and O–H groups in total. The second-order valence-electron chi connectivity index (χ2n) is 5.65. The van der Waals surface area contributed by atoms with Crippen LogP contribution in [0, 0.1) is 6.57 Å². The highest BCUT2D eigenvalue weighted by Crippen LogP contribution is 2.30. The van der Waals surface area contributed by atoms with Crippen molar-refractivity contribution in [2.45, 2.75) is 19.8 Å². The second-order valence-corrected chi connectivity index (χ2v) is 5.65. The third kappa shape index (κ3) is 4.86. The smallest absolute Gasteiger partial charge is 0.239 e. The molecule has 124 valence electrons. The van der Waals surface area contributed by atoms with E-state index < -0.39 is 0 Å². The summed E-state index contributed by atoms with van der Waals surface area (Å²) in [6, 6.07) is 25.7. The first kappa shape index (κ1) is 16.6. The zero-order chi connectivity index (χ0) is 17.3. The lowest BCUT2D eigenvalue weighted by molar-refractivity contribution is 0.255. The Morgan fingerprint density at radius 2 is 1.20 bits per heavy atom. The van der Waals surface area contributed by atoms with Crippen LogP contribution in [0.4, 0.5) is 0 Å². The molecule has 0 saturated carbocycles. The van der Waals surface area contributed by atoms with Crippen LogP contribution in [-0.2, 0) is 19.8 Å². The zero-order valence-corrected chi connectivity index (χ0v) is 13.9. The van der Waals surface area contributed by atoms with Gasteiger partial charge in [0.15, 0.2) is 11.5 Å². The molecule has 0 spiro atoms. The van der Waals surface area contributed by atoms with E-state index in [2.05, 4.69) is 4.85 Å². The number of nitrogens with zero attached hydrogens (tertiary/aromatic N) is 1. The van der Waals surface area contributed by atoms with Crippen LogP contribution in [0.1, 0.15) is 16.7 Å².